The molecule has 0 fully saturated rings. The van der Waals surface area contributed by atoms with E-state index in [0.717, 1.165) is 0 Å². The van der Waals surface area contributed by atoms with Crippen molar-refractivity contribution in [3.8, 4) is 11.5 Å². The van der Waals surface area contributed by atoms with E-state index >= 15 is 0 Å². The van der Waals surface area contributed by atoms with Gasteiger partial charge in [-0.25, -0.2) is 0 Å². The summed E-state index contributed by atoms with van der Waals surface area (Å²) >= 11 is 0. The van der Waals surface area contributed by atoms with Crippen LogP contribution in [0.5, 0.6) is 11.5 Å². The first-order valence-corrected chi connectivity index (χ1v) is 9.44. The molecule has 0 amide bonds. The van der Waals surface area contributed by atoms with Gasteiger partial charge in [0.2, 0.25) is 0 Å². The molecule has 0 aromatic heterocycles. The van der Waals surface area contributed by atoms with Crippen LogP contribution in [0.3, 0.4) is 0 Å². The molecule has 0 bridgehead atoms. The van der Waals surface area contributed by atoms with Crippen molar-refractivity contribution in [2.75, 3.05) is 11.5 Å². The van der Waals surface area contributed by atoms with E-state index < -0.39 is 30.1 Å². The maximum Gasteiger partial charge on any atom is 0.321 e. The minimum absolute atomic E-state index is 0.0834. The highest BCUT2D eigenvalue weighted by molar-refractivity contribution is 8.76. The summed E-state index contributed by atoms with van der Waals surface area (Å²) in [6.45, 7) is 1.69. The number of rotatable bonds is 10. The summed E-state index contributed by atoms with van der Waals surface area (Å²) in [4.78, 5) is 21.9. The fraction of sp³-hybridized carbons (Fsp3) is 0.429. The van der Waals surface area contributed by atoms with Crippen molar-refractivity contribution < 1.29 is 30.0 Å². The van der Waals surface area contributed by atoms with Gasteiger partial charge in [-0.05, 0) is 13.0 Å². The van der Waals surface area contributed by atoms with Crippen molar-refractivity contribution in [1.29, 1.82) is 0 Å². The number of aromatic hydroxyl groups is 2. The van der Waals surface area contributed by atoms with E-state index in [2.05, 4.69) is 5.32 Å². The molecule has 0 aliphatic rings. The number of hydrogen-bond donors (Lipinski definition) is 6. The average Bonchev–Trinajstić information content (AvgIpc) is 2.49. The van der Waals surface area contributed by atoms with E-state index in [0.29, 0.717) is 5.56 Å². The molecule has 0 radical (unpaired) electrons. The number of carboxylic acid groups (broad SMARTS) is 2. The number of carboxylic acids is 2. The summed E-state index contributed by atoms with van der Waals surface area (Å²) in [5.74, 6) is -2.02. The molecule has 134 valence electrons. The van der Waals surface area contributed by atoms with Crippen LogP contribution in [-0.4, -0.2) is 56.0 Å². The molecule has 24 heavy (non-hydrogen) atoms. The first-order chi connectivity index (χ1) is 11.2. The van der Waals surface area contributed by atoms with Gasteiger partial charge in [0.15, 0.2) is 0 Å². The van der Waals surface area contributed by atoms with Crippen LogP contribution >= 0.6 is 21.6 Å². The number of aliphatic carboxylic acids is 2. The van der Waals surface area contributed by atoms with Crippen molar-refractivity contribution in [3.05, 3.63) is 23.8 Å². The monoisotopic (exact) mass is 376 g/mol. The van der Waals surface area contributed by atoms with Gasteiger partial charge in [-0.2, -0.15) is 0 Å². The van der Waals surface area contributed by atoms with Gasteiger partial charge in [0.25, 0.3) is 0 Å². The normalized spacial score (nSPS) is 14.8. The van der Waals surface area contributed by atoms with E-state index in [1.54, 1.807) is 6.92 Å². The van der Waals surface area contributed by atoms with Gasteiger partial charge in [0.05, 0.1) is 0 Å². The van der Waals surface area contributed by atoms with Crippen LogP contribution in [0.2, 0.25) is 0 Å². The quantitative estimate of drug-likeness (QED) is 0.257. The third-order valence-electron chi connectivity index (χ3n) is 3.11. The first-order valence-electron chi connectivity index (χ1n) is 6.96. The fourth-order valence-electron chi connectivity index (χ4n) is 1.79. The summed E-state index contributed by atoms with van der Waals surface area (Å²) in [7, 11) is 2.40. The molecule has 1 rings (SSSR count). The molecule has 10 heteroatoms. The molecule has 0 heterocycles. The Bertz CT molecular complexity index is 586. The van der Waals surface area contributed by atoms with E-state index in [1.165, 1.54) is 39.8 Å². The van der Waals surface area contributed by atoms with E-state index in [4.69, 9.17) is 10.8 Å². The summed E-state index contributed by atoms with van der Waals surface area (Å²) in [5.41, 5.74) is 5.83. The fourth-order valence-corrected chi connectivity index (χ4v) is 4.07. The highest BCUT2D eigenvalue weighted by atomic mass is 33.1. The van der Waals surface area contributed by atoms with Crippen LogP contribution in [0.25, 0.3) is 0 Å². The van der Waals surface area contributed by atoms with Crippen molar-refractivity contribution >= 4 is 33.5 Å². The maximum atomic E-state index is 11.3. The van der Waals surface area contributed by atoms with Crippen LogP contribution < -0.4 is 11.1 Å². The Balaban J connectivity index is 2.56. The van der Waals surface area contributed by atoms with Gasteiger partial charge in [0, 0.05) is 29.2 Å². The Morgan fingerprint density at radius 3 is 2.33 bits per heavy atom. The zero-order valence-corrected chi connectivity index (χ0v) is 14.5. The van der Waals surface area contributed by atoms with Crippen LogP contribution in [0.15, 0.2) is 18.2 Å². The topological polar surface area (TPSA) is 153 Å². The number of carbonyl (C=O) groups is 2. The second-order valence-electron chi connectivity index (χ2n) is 5.04. The molecule has 3 unspecified atom stereocenters. The standard InChI is InChI=1S/C14H20N2O6S2/c1-7(9-3-2-8(17)4-12(9)18)16-11(14(21)22)6-24-23-5-10(15)13(19)20/h2-4,7,10-11,16-18H,5-6,15H2,1H3,(H,19,20)(H,21,22). The lowest BCUT2D eigenvalue weighted by Crippen LogP contribution is -2.40. The maximum absolute atomic E-state index is 11.3. The van der Waals surface area contributed by atoms with Gasteiger partial charge < -0.3 is 26.2 Å². The smallest absolute Gasteiger partial charge is 0.321 e. The van der Waals surface area contributed by atoms with Crippen molar-refractivity contribution in [1.82, 2.24) is 5.32 Å². The average molecular weight is 376 g/mol. The molecule has 7 N–H and O–H groups in total. The van der Waals surface area contributed by atoms with Crippen LogP contribution in [0.1, 0.15) is 18.5 Å². The largest absolute Gasteiger partial charge is 0.508 e. The molecule has 0 aliphatic carbocycles. The number of phenols is 2. The van der Waals surface area contributed by atoms with Crippen molar-refractivity contribution in [3.63, 3.8) is 0 Å². The Kier molecular flexibility index (Phi) is 8.19. The molecule has 1 aromatic rings. The molecule has 0 spiro atoms. The van der Waals surface area contributed by atoms with E-state index in [-0.39, 0.29) is 23.0 Å². The Morgan fingerprint density at radius 1 is 1.17 bits per heavy atom. The molecule has 0 saturated heterocycles. The zero-order chi connectivity index (χ0) is 18.3. The lowest BCUT2D eigenvalue weighted by molar-refractivity contribution is -0.139. The number of nitrogens with one attached hydrogen (secondary N) is 1. The van der Waals surface area contributed by atoms with Crippen molar-refractivity contribution in [2.24, 2.45) is 5.73 Å². The van der Waals surface area contributed by atoms with E-state index in [9.17, 15) is 24.9 Å². The van der Waals surface area contributed by atoms with E-state index in [1.807, 2.05) is 0 Å². The molecule has 8 nitrogen and oxygen atoms in total. The molecular weight excluding hydrogens is 356 g/mol. The third-order valence-corrected chi connectivity index (χ3v) is 5.56. The number of phenolic OH excluding ortho intramolecular Hbond substituents is 2. The van der Waals surface area contributed by atoms with Gasteiger partial charge in [-0.1, -0.05) is 27.7 Å². The second kappa shape index (κ2) is 9.62. The minimum Gasteiger partial charge on any atom is -0.508 e. The van der Waals surface area contributed by atoms with Gasteiger partial charge in [-0.3, -0.25) is 14.9 Å². The SMILES string of the molecule is CC(NC(CSSCC(N)C(=O)O)C(=O)O)c1ccc(O)cc1O. The molecule has 0 aliphatic heterocycles. The Labute approximate surface area is 146 Å². The van der Waals surface area contributed by atoms with Crippen LogP contribution in [0.4, 0.5) is 0 Å². The molecular formula is C14H20N2O6S2. The summed E-state index contributed by atoms with van der Waals surface area (Å²) in [5, 5.41) is 39.9. The number of nitrogens with two attached hydrogens (primary N) is 1. The Morgan fingerprint density at radius 2 is 1.79 bits per heavy atom. The van der Waals surface area contributed by atoms with Crippen molar-refractivity contribution in [2.45, 2.75) is 25.0 Å². The molecule has 0 saturated carbocycles. The predicted molar refractivity (Wildman–Crippen MR) is 93.3 cm³/mol. The summed E-state index contributed by atoms with van der Waals surface area (Å²) < 4.78 is 0. The lowest BCUT2D eigenvalue weighted by atomic mass is 10.1. The zero-order valence-electron chi connectivity index (χ0n) is 12.9. The Hall–Kier alpha value is -1.62. The number of benzene rings is 1. The summed E-state index contributed by atoms with van der Waals surface area (Å²) in [6, 6.07) is 1.74. The van der Waals surface area contributed by atoms with Gasteiger partial charge in [0.1, 0.15) is 23.6 Å². The van der Waals surface area contributed by atoms with Gasteiger partial charge >= 0.3 is 11.9 Å². The highest BCUT2D eigenvalue weighted by Gasteiger charge is 2.22. The predicted octanol–water partition coefficient (Wildman–Crippen LogP) is 0.995. The van der Waals surface area contributed by atoms with Crippen LogP contribution in [-0.2, 0) is 9.59 Å². The van der Waals surface area contributed by atoms with Crippen LogP contribution in [0, 0.1) is 0 Å². The molecule has 3 atom stereocenters. The second-order valence-corrected chi connectivity index (χ2v) is 7.59. The first kappa shape index (κ1) is 20.4. The molecule has 1 aromatic carbocycles. The third kappa shape index (κ3) is 6.48. The summed E-state index contributed by atoms with van der Waals surface area (Å²) in [6.07, 6.45) is 0. The number of hydrogen-bond acceptors (Lipinski definition) is 8. The van der Waals surface area contributed by atoms with Gasteiger partial charge in [-0.15, -0.1) is 0 Å². The highest BCUT2D eigenvalue weighted by Crippen LogP contribution is 2.29. The minimum atomic E-state index is -1.10. The lowest BCUT2D eigenvalue weighted by Gasteiger charge is -2.21.